The van der Waals surface area contributed by atoms with E-state index < -0.39 is 24.2 Å². The predicted octanol–water partition coefficient (Wildman–Crippen LogP) is 5.51. The van der Waals surface area contributed by atoms with Crippen LogP contribution in [0.3, 0.4) is 0 Å². The maximum atomic E-state index is 13.6. The van der Waals surface area contributed by atoms with E-state index in [2.05, 4.69) is 15.7 Å². The molecule has 10 heteroatoms. The molecule has 0 fully saturated rings. The highest BCUT2D eigenvalue weighted by Gasteiger charge is 2.47. The molecule has 1 aliphatic rings. The van der Waals surface area contributed by atoms with Crippen LogP contribution in [-0.2, 0) is 0 Å². The van der Waals surface area contributed by atoms with Crippen LogP contribution < -0.4 is 10.6 Å². The van der Waals surface area contributed by atoms with Gasteiger partial charge in [0.15, 0.2) is 11.7 Å². The standard InChI is InChI=1S/C18H14ClF3N4OS/c19-10-3-5-11(6-4-10)23-17(27)13-9-16-24-12(14-2-1-7-28-14)8-15(18(20,21)22)26(16)25-13/h1-7,9,12,15,24H,8H2,(H,23,27)/t12-,15-/m0/s1. The molecule has 1 amide bonds. The van der Waals surface area contributed by atoms with Crippen LogP contribution in [0, 0.1) is 0 Å². The van der Waals surface area contributed by atoms with E-state index in [-0.39, 0.29) is 17.9 Å². The van der Waals surface area contributed by atoms with Crippen LogP contribution in [0.2, 0.25) is 5.02 Å². The number of fused-ring (bicyclic) bond motifs is 1. The van der Waals surface area contributed by atoms with Crippen molar-refractivity contribution in [2.24, 2.45) is 0 Å². The van der Waals surface area contributed by atoms with Gasteiger partial charge in [-0.25, -0.2) is 4.68 Å². The van der Waals surface area contributed by atoms with Gasteiger partial charge in [0.1, 0.15) is 5.82 Å². The molecule has 0 saturated heterocycles. The third-order valence-electron chi connectivity index (χ3n) is 4.41. The molecule has 1 aliphatic heterocycles. The lowest BCUT2D eigenvalue weighted by Crippen LogP contribution is -2.35. The molecule has 3 heterocycles. The first-order chi connectivity index (χ1) is 13.3. The Labute approximate surface area is 167 Å². The van der Waals surface area contributed by atoms with Crippen LogP contribution in [0.25, 0.3) is 0 Å². The van der Waals surface area contributed by atoms with E-state index in [0.29, 0.717) is 10.7 Å². The SMILES string of the molecule is O=C(Nc1ccc(Cl)cc1)c1cc2n(n1)[C@H](C(F)(F)F)C[C@@H](c1cccs1)N2. The highest BCUT2D eigenvalue weighted by atomic mass is 35.5. The fourth-order valence-electron chi connectivity index (χ4n) is 3.09. The van der Waals surface area contributed by atoms with E-state index in [1.54, 1.807) is 36.4 Å². The summed E-state index contributed by atoms with van der Waals surface area (Å²) in [5.74, 6) is -0.437. The molecule has 0 saturated carbocycles. The average molecular weight is 427 g/mol. The van der Waals surface area contributed by atoms with Crippen molar-refractivity contribution in [1.82, 2.24) is 9.78 Å². The van der Waals surface area contributed by atoms with Crippen LogP contribution >= 0.6 is 22.9 Å². The Morgan fingerprint density at radius 3 is 2.68 bits per heavy atom. The van der Waals surface area contributed by atoms with Gasteiger partial charge in [-0.15, -0.1) is 11.3 Å². The van der Waals surface area contributed by atoms with Crippen molar-refractivity contribution in [1.29, 1.82) is 0 Å². The van der Waals surface area contributed by atoms with E-state index in [1.807, 2.05) is 5.38 Å². The normalized spacial score (nSPS) is 19.0. The van der Waals surface area contributed by atoms with Crippen LogP contribution in [0.15, 0.2) is 47.8 Å². The molecule has 0 spiro atoms. The molecule has 0 radical (unpaired) electrons. The van der Waals surface area contributed by atoms with Crippen molar-refractivity contribution in [3.05, 3.63) is 63.4 Å². The molecule has 2 aromatic heterocycles. The lowest BCUT2D eigenvalue weighted by Gasteiger charge is -2.32. The van der Waals surface area contributed by atoms with Crippen molar-refractivity contribution in [3.63, 3.8) is 0 Å². The summed E-state index contributed by atoms with van der Waals surface area (Å²) in [6.07, 6.45) is -4.68. The van der Waals surface area contributed by atoms with Gasteiger partial charge in [-0.05, 0) is 35.7 Å². The second kappa shape index (κ2) is 7.14. The second-order valence-corrected chi connectivity index (χ2v) is 7.74. The highest BCUT2D eigenvalue weighted by molar-refractivity contribution is 7.10. The summed E-state index contributed by atoms with van der Waals surface area (Å²) in [6.45, 7) is 0. The fraction of sp³-hybridized carbons (Fsp3) is 0.222. The summed E-state index contributed by atoms with van der Waals surface area (Å²) < 4.78 is 41.7. The molecule has 2 atom stereocenters. The number of alkyl halides is 3. The number of hydrogen-bond donors (Lipinski definition) is 2. The van der Waals surface area contributed by atoms with Gasteiger partial charge in [0, 0.05) is 28.1 Å². The first-order valence-electron chi connectivity index (χ1n) is 8.34. The number of nitrogens with one attached hydrogen (secondary N) is 2. The third kappa shape index (κ3) is 3.72. The number of amides is 1. The van der Waals surface area contributed by atoms with E-state index in [0.717, 1.165) is 9.56 Å². The molecule has 0 unspecified atom stereocenters. The topological polar surface area (TPSA) is 59.0 Å². The summed E-state index contributed by atoms with van der Waals surface area (Å²) >= 11 is 7.19. The van der Waals surface area contributed by atoms with Crippen LogP contribution in [-0.4, -0.2) is 21.9 Å². The molecule has 5 nitrogen and oxygen atoms in total. The molecule has 0 aliphatic carbocycles. The number of halogens is 4. The number of hydrogen-bond acceptors (Lipinski definition) is 4. The van der Waals surface area contributed by atoms with Gasteiger partial charge in [-0.3, -0.25) is 4.79 Å². The van der Waals surface area contributed by atoms with Crippen LogP contribution in [0.1, 0.15) is 33.9 Å². The lowest BCUT2D eigenvalue weighted by molar-refractivity contribution is -0.173. The molecule has 28 heavy (non-hydrogen) atoms. The zero-order valence-electron chi connectivity index (χ0n) is 14.2. The van der Waals surface area contributed by atoms with Crippen LogP contribution in [0.5, 0.6) is 0 Å². The van der Waals surface area contributed by atoms with Crippen molar-refractivity contribution in [2.75, 3.05) is 10.6 Å². The molecule has 1 aromatic carbocycles. The van der Waals surface area contributed by atoms with Crippen LogP contribution in [0.4, 0.5) is 24.7 Å². The molecular weight excluding hydrogens is 413 g/mol. The summed E-state index contributed by atoms with van der Waals surface area (Å²) in [7, 11) is 0. The third-order valence-corrected chi connectivity index (χ3v) is 5.65. The number of carbonyl (C=O) groups excluding carboxylic acids is 1. The molecule has 3 aromatic rings. The number of rotatable bonds is 3. The summed E-state index contributed by atoms with van der Waals surface area (Å²) in [6, 6.07) is 9.00. The van der Waals surface area contributed by atoms with Gasteiger partial charge in [0.2, 0.25) is 0 Å². The molecular formula is C18H14ClF3N4OS. The Bertz CT molecular complexity index is 985. The number of carbonyl (C=O) groups is 1. The van der Waals surface area contributed by atoms with Gasteiger partial charge in [-0.1, -0.05) is 17.7 Å². The Hall–Kier alpha value is -2.52. The fourth-order valence-corrected chi connectivity index (χ4v) is 4.01. The molecule has 146 valence electrons. The predicted molar refractivity (Wildman–Crippen MR) is 102 cm³/mol. The summed E-state index contributed by atoms with van der Waals surface area (Å²) in [5, 5.41) is 11.9. The van der Waals surface area contributed by atoms with E-state index >= 15 is 0 Å². The quantitative estimate of drug-likeness (QED) is 0.580. The van der Waals surface area contributed by atoms with Gasteiger partial charge in [0.25, 0.3) is 5.91 Å². The van der Waals surface area contributed by atoms with E-state index in [4.69, 9.17) is 11.6 Å². The Balaban J connectivity index is 1.63. The minimum atomic E-state index is -4.48. The van der Waals surface area contributed by atoms with Crippen molar-refractivity contribution in [3.8, 4) is 0 Å². The number of thiophene rings is 1. The Morgan fingerprint density at radius 1 is 1.29 bits per heavy atom. The Kier molecular flexibility index (Phi) is 4.80. The minimum Gasteiger partial charge on any atom is -0.363 e. The zero-order chi connectivity index (χ0) is 19.9. The maximum Gasteiger partial charge on any atom is 0.410 e. The first-order valence-corrected chi connectivity index (χ1v) is 9.60. The monoisotopic (exact) mass is 426 g/mol. The van der Waals surface area contributed by atoms with Crippen molar-refractivity contribution in [2.45, 2.75) is 24.7 Å². The van der Waals surface area contributed by atoms with E-state index in [1.165, 1.54) is 17.4 Å². The minimum absolute atomic E-state index is 0.0986. The lowest BCUT2D eigenvalue weighted by atomic mass is 10.0. The van der Waals surface area contributed by atoms with Gasteiger partial charge >= 0.3 is 6.18 Å². The highest BCUT2D eigenvalue weighted by Crippen LogP contribution is 2.44. The first kappa shape index (κ1) is 18.8. The number of aromatic nitrogens is 2. The van der Waals surface area contributed by atoms with Gasteiger partial charge in [-0.2, -0.15) is 18.3 Å². The number of anilines is 2. The number of benzene rings is 1. The summed E-state index contributed by atoms with van der Waals surface area (Å²) in [5.41, 5.74) is 0.371. The molecule has 2 N–H and O–H groups in total. The maximum absolute atomic E-state index is 13.6. The summed E-state index contributed by atoms with van der Waals surface area (Å²) in [4.78, 5) is 13.3. The van der Waals surface area contributed by atoms with Crippen molar-refractivity contribution < 1.29 is 18.0 Å². The molecule has 4 rings (SSSR count). The average Bonchev–Trinajstić information content (AvgIpc) is 3.31. The van der Waals surface area contributed by atoms with Gasteiger partial charge < -0.3 is 10.6 Å². The second-order valence-electron chi connectivity index (χ2n) is 6.33. The number of nitrogens with zero attached hydrogens (tertiary/aromatic N) is 2. The largest absolute Gasteiger partial charge is 0.410 e. The zero-order valence-corrected chi connectivity index (χ0v) is 15.8. The smallest absolute Gasteiger partial charge is 0.363 e. The van der Waals surface area contributed by atoms with E-state index in [9.17, 15) is 18.0 Å². The Morgan fingerprint density at radius 2 is 2.04 bits per heavy atom. The van der Waals surface area contributed by atoms with Crippen molar-refractivity contribution >= 4 is 40.4 Å². The van der Waals surface area contributed by atoms with Gasteiger partial charge in [0.05, 0.1) is 6.04 Å². The molecule has 0 bridgehead atoms.